The van der Waals surface area contributed by atoms with Crippen LogP contribution < -0.4 is 14.4 Å². The molecule has 23 heavy (non-hydrogen) atoms. The van der Waals surface area contributed by atoms with Crippen molar-refractivity contribution in [3.63, 3.8) is 0 Å². The molecule has 0 spiro atoms. The zero-order valence-electron chi connectivity index (χ0n) is 13.5. The van der Waals surface area contributed by atoms with Crippen LogP contribution in [0.3, 0.4) is 0 Å². The largest absolute Gasteiger partial charge is 0.497 e. The monoisotopic (exact) mass is 310 g/mol. The van der Waals surface area contributed by atoms with E-state index in [0.29, 0.717) is 18.2 Å². The van der Waals surface area contributed by atoms with Crippen LogP contribution in [0.4, 0.5) is 5.95 Å². The standard InChI is InChI=1S/C17H18N4O2/c1-11-6-13(9-18)20-17(19-11)21-5-4-15-12(10-21)7-14(22-2)8-16(15)23-3/h6-8H,4-5,10H2,1-3H3. The van der Waals surface area contributed by atoms with E-state index >= 15 is 0 Å². The number of aryl methyl sites for hydroxylation is 1. The highest BCUT2D eigenvalue weighted by atomic mass is 16.5. The Balaban J connectivity index is 1.97. The average molecular weight is 310 g/mol. The van der Waals surface area contributed by atoms with Crippen LogP contribution in [0.1, 0.15) is 22.5 Å². The zero-order chi connectivity index (χ0) is 16.4. The third-order valence-corrected chi connectivity index (χ3v) is 3.96. The van der Waals surface area contributed by atoms with Crippen LogP contribution in [-0.2, 0) is 13.0 Å². The molecule has 0 saturated heterocycles. The number of hydrogen-bond acceptors (Lipinski definition) is 6. The van der Waals surface area contributed by atoms with Gasteiger partial charge in [0, 0.05) is 30.4 Å². The van der Waals surface area contributed by atoms with Gasteiger partial charge < -0.3 is 14.4 Å². The molecule has 3 rings (SSSR count). The molecule has 0 bridgehead atoms. The minimum absolute atomic E-state index is 0.390. The molecule has 0 N–H and O–H groups in total. The molecule has 118 valence electrons. The minimum Gasteiger partial charge on any atom is -0.497 e. The summed E-state index contributed by atoms with van der Waals surface area (Å²) in [7, 11) is 3.31. The second kappa shape index (κ2) is 6.13. The van der Waals surface area contributed by atoms with Gasteiger partial charge in [0.15, 0.2) is 0 Å². The molecule has 1 aliphatic heterocycles. The number of benzene rings is 1. The van der Waals surface area contributed by atoms with Crippen molar-refractivity contribution in [2.24, 2.45) is 0 Å². The summed E-state index contributed by atoms with van der Waals surface area (Å²) < 4.78 is 10.8. The number of ether oxygens (including phenoxy) is 2. The Kier molecular flexibility index (Phi) is 4.02. The molecular formula is C17H18N4O2. The minimum atomic E-state index is 0.390. The maximum Gasteiger partial charge on any atom is 0.227 e. The van der Waals surface area contributed by atoms with Crippen molar-refractivity contribution < 1.29 is 9.47 Å². The van der Waals surface area contributed by atoms with E-state index in [0.717, 1.165) is 35.7 Å². The summed E-state index contributed by atoms with van der Waals surface area (Å²) in [6, 6.07) is 7.70. The van der Waals surface area contributed by atoms with Gasteiger partial charge in [-0.3, -0.25) is 0 Å². The number of fused-ring (bicyclic) bond motifs is 1. The number of methoxy groups -OCH3 is 2. The average Bonchev–Trinajstić information content (AvgIpc) is 2.59. The van der Waals surface area contributed by atoms with Crippen LogP contribution in [0, 0.1) is 18.3 Å². The first-order valence-electron chi connectivity index (χ1n) is 7.39. The van der Waals surface area contributed by atoms with E-state index in [1.807, 2.05) is 19.1 Å². The smallest absolute Gasteiger partial charge is 0.227 e. The number of rotatable bonds is 3. The first kappa shape index (κ1) is 15.1. The number of nitriles is 1. The zero-order valence-corrected chi connectivity index (χ0v) is 13.5. The van der Waals surface area contributed by atoms with Gasteiger partial charge >= 0.3 is 0 Å². The first-order valence-corrected chi connectivity index (χ1v) is 7.39. The van der Waals surface area contributed by atoms with Crippen molar-refractivity contribution in [3.8, 4) is 17.6 Å². The fourth-order valence-electron chi connectivity index (χ4n) is 2.85. The van der Waals surface area contributed by atoms with Crippen molar-refractivity contribution in [3.05, 3.63) is 40.7 Å². The van der Waals surface area contributed by atoms with Crippen molar-refractivity contribution in [2.75, 3.05) is 25.7 Å². The molecule has 0 radical (unpaired) electrons. The molecule has 0 fully saturated rings. The van der Waals surface area contributed by atoms with Gasteiger partial charge in [-0.05, 0) is 31.0 Å². The lowest BCUT2D eigenvalue weighted by atomic mass is 9.98. The quantitative estimate of drug-likeness (QED) is 0.866. The molecule has 0 amide bonds. The van der Waals surface area contributed by atoms with E-state index in [2.05, 4.69) is 20.9 Å². The number of anilines is 1. The predicted octanol–water partition coefficient (Wildman–Crippen LogP) is 2.24. The van der Waals surface area contributed by atoms with Crippen molar-refractivity contribution in [1.29, 1.82) is 5.26 Å². The molecule has 1 aromatic carbocycles. The van der Waals surface area contributed by atoms with Gasteiger partial charge in [-0.2, -0.15) is 5.26 Å². The van der Waals surface area contributed by atoms with Crippen molar-refractivity contribution in [2.45, 2.75) is 19.9 Å². The summed E-state index contributed by atoms with van der Waals surface area (Å²) in [5.74, 6) is 2.21. The maximum atomic E-state index is 9.09. The highest BCUT2D eigenvalue weighted by Crippen LogP contribution is 2.33. The van der Waals surface area contributed by atoms with E-state index < -0.39 is 0 Å². The van der Waals surface area contributed by atoms with Gasteiger partial charge in [-0.25, -0.2) is 9.97 Å². The van der Waals surface area contributed by atoms with Crippen molar-refractivity contribution >= 4 is 5.95 Å². The Labute approximate surface area is 135 Å². The Bertz CT molecular complexity index is 783. The summed E-state index contributed by atoms with van der Waals surface area (Å²) >= 11 is 0. The molecule has 2 aromatic rings. The predicted molar refractivity (Wildman–Crippen MR) is 85.8 cm³/mol. The summed E-state index contributed by atoms with van der Waals surface area (Å²) in [5.41, 5.74) is 3.51. The van der Waals surface area contributed by atoms with Gasteiger partial charge in [0.1, 0.15) is 23.3 Å². The third kappa shape index (κ3) is 2.90. The highest BCUT2D eigenvalue weighted by molar-refractivity contribution is 5.51. The van der Waals surface area contributed by atoms with Crippen LogP contribution in [0.15, 0.2) is 18.2 Å². The lowest BCUT2D eigenvalue weighted by molar-refractivity contribution is 0.388. The lowest BCUT2D eigenvalue weighted by Gasteiger charge is -2.30. The number of hydrogen-bond donors (Lipinski definition) is 0. The van der Waals surface area contributed by atoms with Gasteiger partial charge in [-0.15, -0.1) is 0 Å². The van der Waals surface area contributed by atoms with Crippen LogP contribution in [0.2, 0.25) is 0 Å². The van der Waals surface area contributed by atoms with Gasteiger partial charge in [0.2, 0.25) is 5.95 Å². The number of aromatic nitrogens is 2. The molecule has 0 aliphatic carbocycles. The summed E-state index contributed by atoms with van der Waals surface area (Å²) in [6.45, 7) is 3.32. The Morgan fingerprint density at radius 3 is 2.70 bits per heavy atom. The maximum absolute atomic E-state index is 9.09. The summed E-state index contributed by atoms with van der Waals surface area (Å²) in [6.07, 6.45) is 0.835. The van der Waals surface area contributed by atoms with Crippen LogP contribution in [-0.4, -0.2) is 30.7 Å². The molecule has 0 atom stereocenters. The van der Waals surface area contributed by atoms with E-state index in [1.165, 1.54) is 5.56 Å². The molecule has 1 aromatic heterocycles. The Morgan fingerprint density at radius 1 is 1.17 bits per heavy atom. The second-order valence-electron chi connectivity index (χ2n) is 5.45. The van der Waals surface area contributed by atoms with E-state index in [4.69, 9.17) is 14.7 Å². The highest BCUT2D eigenvalue weighted by Gasteiger charge is 2.23. The first-order chi connectivity index (χ1) is 11.1. The third-order valence-electron chi connectivity index (χ3n) is 3.96. The molecule has 0 unspecified atom stereocenters. The van der Waals surface area contributed by atoms with Crippen LogP contribution in [0.25, 0.3) is 0 Å². The van der Waals surface area contributed by atoms with E-state index in [9.17, 15) is 0 Å². The summed E-state index contributed by atoms with van der Waals surface area (Å²) in [4.78, 5) is 10.9. The SMILES string of the molecule is COc1cc2c(c(OC)c1)CCN(c1nc(C)cc(C#N)n1)C2. The van der Waals surface area contributed by atoms with Crippen LogP contribution >= 0.6 is 0 Å². The lowest BCUT2D eigenvalue weighted by Crippen LogP contribution is -2.32. The normalized spacial score (nSPS) is 13.2. The molecule has 0 saturated carbocycles. The molecule has 1 aliphatic rings. The van der Waals surface area contributed by atoms with Gasteiger partial charge in [0.25, 0.3) is 0 Å². The van der Waals surface area contributed by atoms with Crippen LogP contribution in [0.5, 0.6) is 11.5 Å². The van der Waals surface area contributed by atoms with Gasteiger partial charge in [0.05, 0.1) is 14.2 Å². The number of nitrogens with zero attached hydrogens (tertiary/aromatic N) is 4. The molecule has 2 heterocycles. The molecule has 6 heteroatoms. The fraction of sp³-hybridized carbons (Fsp3) is 0.353. The van der Waals surface area contributed by atoms with Crippen molar-refractivity contribution in [1.82, 2.24) is 9.97 Å². The molecule has 6 nitrogen and oxygen atoms in total. The van der Waals surface area contributed by atoms with Gasteiger partial charge in [-0.1, -0.05) is 0 Å². The Hall–Kier alpha value is -2.81. The molecular weight excluding hydrogens is 292 g/mol. The topological polar surface area (TPSA) is 71.3 Å². The second-order valence-corrected chi connectivity index (χ2v) is 5.45. The van der Waals surface area contributed by atoms with E-state index in [1.54, 1.807) is 20.3 Å². The Morgan fingerprint density at radius 2 is 2.00 bits per heavy atom. The summed E-state index contributed by atoms with van der Waals surface area (Å²) in [5, 5.41) is 9.09. The fourth-order valence-corrected chi connectivity index (χ4v) is 2.85. The van der Waals surface area contributed by atoms with E-state index in [-0.39, 0.29) is 0 Å².